The number of piperidine rings is 1. The Kier molecular flexibility index (Phi) is 9.00. The highest BCUT2D eigenvalue weighted by Gasteiger charge is 2.21. The number of carbonyl (C=O) groups is 1. The van der Waals surface area contributed by atoms with E-state index in [0.29, 0.717) is 24.8 Å². The molecular formula is C17H25ClF2N2O2. The number of hydrogen-bond donors (Lipinski definition) is 2. The Morgan fingerprint density at radius 3 is 2.92 bits per heavy atom. The molecule has 2 N–H and O–H groups in total. The number of nitrogens with one attached hydrogen (secondary N) is 2. The highest BCUT2D eigenvalue weighted by atomic mass is 35.5. The van der Waals surface area contributed by atoms with E-state index in [1.165, 1.54) is 12.1 Å². The van der Waals surface area contributed by atoms with Gasteiger partial charge in [-0.05, 0) is 55.5 Å². The molecule has 2 rings (SSSR count). The molecular weight excluding hydrogens is 338 g/mol. The van der Waals surface area contributed by atoms with Gasteiger partial charge in [-0.25, -0.2) is 0 Å². The third-order valence-corrected chi connectivity index (χ3v) is 4.26. The van der Waals surface area contributed by atoms with Gasteiger partial charge in [-0.1, -0.05) is 19.1 Å². The van der Waals surface area contributed by atoms with Crippen LogP contribution in [0.4, 0.5) is 8.78 Å². The molecule has 0 saturated carbocycles. The van der Waals surface area contributed by atoms with Crippen molar-refractivity contribution in [3.63, 3.8) is 0 Å². The Hall–Kier alpha value is -1.40. The minimum Gasteiger partial charge on any atom is -0.435 e. The van der Waals surface area contributed by atoms with Crippen LogP contribution in [-0.4, -0.2) is 25.6 Å². The van der Waals surface area contributed by atoms with Crippen molar-refractivity contribution in [2.75, 3.05) is 13.1 Å². The predicted octanol–water partition coefficient (Wildman–Crippen LogP) is 3.35. The van der Waals surface area contributed by atoms with Gasteiger partial charge in [0.2, 0.25) is 5.91 Å². The van der Waals surface area contributed by atoms with Gasteiger partial charge in [0.1, 0.15) is 5.75 Å². The van der Waals surface area contributed by atoms with Gasteiger partial charge < -0.3 is 15.4 Å². The van der Waals surface area contributed by atoms with Gasteiger partial charge in [0.25, 0.3) is 0 Å². The van der Waals surface area contributed by atoms with E-state index < -0.39 is 6.61 Å². The average Bonchev–Trinajstić information content (AvgIpc) is 2.53. The lowest BCUT2D eigenvalue weighted by Crippen LogP contribution is -2.35. The maximum atomic E-state index is 12.2. The van der Waals surface area contributed by atoms with Gasteiger partial charge in [0.05, 0.1) is 0 Å². The highest BCUT2D eigenvalue weighted by molar-refractivity contribution is 5.85. The maximum absolute atomic E-state index is 12.2. The van der Waals surface area contributed by atoms with Gasteiger partial charge in [-0.3, -0.25) is 4.79 Å². The molecule has 1 aromatic rings. The number of benzene rings is 1. The molecule has 136 valence electrons. The summed E-state index contributed by atoms with van der Waals surface area (Å²) in [5, 5.41) is 6.21. The first-order valence-electron chi connectivity index (χ1n) is 8.05. The van der Waals surface area contributed by atoms with E-state index in [0.717, 1.165) is 31.5 Å². The summed E-state index contributed by atoms with van der Waals surface area (Å²) in [6.45, 7) is 1.61. The molecule has 1 amide bonds. The Morgan fingerprint density at radius 2 is 2.25 bits per heavy atom. The van der Waals surface area contributed by atoms with Crippen molar-refractivity contribution in [3.8, 4) is 5.75 Å². The maximum Gasteiger partial charge on any atom is 0.387 e. The first kappa shape index (κ1) is 20.6. The minimum atomic E-state index is -2.84. The van der Waals surface area contributed by atoms with Crippen LogP contribution in [0.2, 0.25) is 0 Å². The third-order valence-electron chi connectivity index (χ3n) is 4.26. The number of hydrogen-bond acceptors (Lipinski definition) is 3. The summed E-state index contributed by atoms with van der Waals surface area (Å²) in [6.07, 6.45) is 2.81. The molecule has 0 radical (unpaired) electrons. The van der Waals surface area contributed by atoms with Crippen LogP contribution in [0.15, 0.2) is 24.3 Å². The van der Waals surface area contributed by atoms with E-state index in [1.807, 2.05) is 0 Å². The normalized spacial score (nSPS) is 18.6. The van der Waals surface area contributed by atoms with E-state index in [1.54, 1.807) is 12.1 Å². The molecule has 1 heterocycles. The number of rotatable bonds is 7. The second-order valence-electron chi connectivity index (χ2n) is 6.09. The largest absolute Gasteiger partial charge is 0.435 e. The molecule has 1 saturated heterocycles. The first-order valence-corrected chi connectivity index (χ1v) is 8.05. The second-order valence-corrected chi connectivity index (χ2v) is 6.09. The average molecular weight is 363 g/mol. The van der Waals surface area contributed by atoms with Crippen LogP contribution in [0.25, 0.3) is 0 Å². The van der Waals surface area contributed by atoms with Crippen molar-refractivity contribution >= 4 is 18.3 Å². The molecule has 0 aromatic heterocycles. The number of alkyl halides is 2. The van der Waals surface area contributed by atoms with Crippen molar-refractivity contribution in [3.05, 3.63) is 29.8 Å². The zero-order valence-corrected chi connectivity index (χ0v) is 14.6. The summed E-state index contributed by atoms with van der Waals surface area (Å²) in [5.74, 6) is 0.963. The molecule has 0 spiro atoms. The fraction of sp³-hybridized carbons (Fsp3) is 0.588. The van der Waals surface area contributed by atoms with Crippen LogP contribution in [0.1, 0.15) is 31.7 Å². The highest BCUT2D eigenvalue weighted by Crippen LogP contribution is 2.22. The lowest BCUT2D eigenvalue weighted by molar-refractivity contribution is -0.122. The molecule has 0 bridgehead atoms. The minimum absolute atomic E-state index is 0. The van der Waals surface area contributed by atoms with Crippen LogP contribution < -0.4 is 15.4 Å². The molecule has 4 nitrogen and oxygen atoms in total. The first-order chi connectivity index (χ1) is 11.0. The smallest absolute Gasteiger partial charge is 0.387 e. The predicted molar refractivity (Wildman–Crippen MR) is 91.5 cm³/mol. The van der Waals surface area contributed by atoms with Crippen LogP contribution in [-0.2, 0) is 11.3 Å². The standard InChI is InChI=1S/C17H24F2N2O2.ClH/c1-12(14-5-3-7-20-11-14)8-16(22)21-10-13-4-2-6-15(9-13)23-17(18)19;/h2,4,6,9,12,14,17,20H,3,5,7-8,10-11H2,1H3,(H,21,22);1H. The quantitative estimate of drug-likeness (QED) is 0.782. The Labute approximate surface area is 147 Å². The second kappa shape index (κ2) is 10.5. The molecule has 2 unspecified atom stereocenters. The Bertz CT molecular complexity index is 511. The third kappa shape index (κ3) is 7.01. The van der Waals surface area contributed by atoms with Gasteiger partial charge >= 0.3 is 6.61 Å². The van der Waals surface area contributed by atoms with Crippen molar-refractivity contribution < 1.29 is 18.3 Å². The number of carbonyl (C=O) groups excluding carboxylic acids is 1. The molecule has 1 fully saturated rings. The van der Waals surface area contributed by atoms with E-state index >= 15 is 0 Å². The van der Waals surface area contributed by atoms with E-state index in [2.05, 4.69) is 22.3 Å². The molecule has 1 aromatic carbocycles. The van der Waals surface area contributed by atoms with Crippen LogP contribution >= 0.6 is 12.4 Å². The number of amides is 1. The molecule has 24 heavy (non-hydrogen) atoms. The van der Waals surface area contributed by atoms with Crippen molar-refractivity contribution in [1.82, 2.24) is 10.6 Å². The van der Waals surface area contributed by atoms with Gasteiger partial charge in [-0.15, -0.1) is 12.4 Å². The molecule has 1 aliphatic heterocycles. The fourth-order valence-corrected chi connectivity index (χ4v) is 2.93. The molecule has 1 aliphatic rings. The topological polar surface area (TPSA) is 50.4 Å². The van der Waals surface area contributed by atoms with Gasteiger partial charge in [-0.2, -0.15) is 8.78 Å². The summed E-state index contributed by atoms with van der Waals surface area (Å²) < 4.78 is 28.7. The van der Waals surface area contributed by atoms with Crippen LogP contribution in [0.3, 0.4) is 0 Å². The zero-order valence-electron chi connectivity index (χ0n) is 13.8. The van der Waals surface area contributed by atoms with Crippen molar-refractivity contribution in [2.24, 2.45) is 11.8 Å². The molecule has 2 atom stereocenters. The van der Waals surface area contributed by atoms with E-state index in [-0.39, 0.29) is 24.1 Å². The van der Waals surface area contributed by atoms with Crippen molar-refractivity contribution in [2.45, 2.75) is 39.3 Å². The Balaban J connectivity index is 0.00000288. The van der Waals surface area contributed by atoms with E-state index in [9.17, 15) is 13.6 Å². The lowest BCUT2D eigenvalue weighted by Gasteiger charge is -2.28. The van der Waals surface area contributed by atoms with Gasteiger partial charge in [0.15, 0.2) is 0 Å². The van der Waals surface area contributed by atoms with E-state index in [4.69, 9.17) is 0 Å². The summed E-state index contributed by atoms with van der Waals surface area (Å²) in [7, 11) is 0. The fourth-order valence-electron chi connectivity index (χ4n) is 2.93. The monoisotopic (exact) mass is 362 g/mol. The lowest BCUT2D eigenvalue weighted by atomic mass is 9.85. The molecule has 0 aliphatic carbocycles. The summed E-state index contributed by atoms with van der Waals surface area (Å²) in [4.78, 5) is 12.0. The number of ether oxygens (including phenoxy) is 1. The SMILES string of the molecule is CC(CC(=O)NCc1cccc(OC(F)F)c1)C1CCCNC1.Cl. The summed E-state index contributed by atoms with van der Waals surface area (Å²) in [5.41, 5.74) is 0.739. The summed E-state index contributed by atoms with van der Waals surface area (Å²) in [6, 6.07) is 6.39. The van der Waals surface area contributed by atoms with Crippen LogP contribution in [0, 0.1) is 11.8 Å². The number of halogens is 3. The summed E-state index contributed by atoms with van der Waals surface area (Å²) >= 11 is 0. The molecule has 7 heteroatoms. The van der Waals surface area contributed by atoms with Crippen molar-refractivity contribution in [1.29, 1.82) is 0 Å². The Morgan fingerprint density at radius 1 is 1.46 bits per heavy atom. The van der Waals surface area contributed by atoms with Crippen LogP contribution in [0.5, 0.6) is 5.75 Å². The zero-order chi connectivity index (χ0) is 16.7. The van der Waals surface area contributed by atoms with Gasteiger partial charge in [0, 0.05) is 13.0 Å².